The molecule has 0 heterocycles. The fourth-order valence-electron chi connectivity index (χ4n) is 7.18. The third kappa shape index (κ3) is 42.0. The largest absolute Gasteiger partial charge is 0.462 e. The summed E-state index contributed by atoms with van der Waals surface area (Å²) < 4.78 is 5.89. The Kier molecular flexibility index (Phi) is 45.2. The number of aliphatic hydroxyl groups excluding tert-OH is 2. The second kappa shape index (κ2) is 47.4. The summed E-state index contributed by atoms with van der Waals surface area (Å²) in [6, 6.07) is -0.721. The van der Waals surface area contributed by atoms with Gasteiger partial charge >= 0.3 is 5.97 Å². The fourth-order valence-corrected chi connectivity index (χ4v) is 7.18. The molecule has 0 radical (unpaired) electrons. The first kappa shape index (κ1) is 57.3. The van der Waals surface area contributed by atoms with Crippen molar-refractivity contribution in [3.63, 3.8) is 0 Å². The van der Waals surface area contributed by atoms with Crippen molar-refractivity contribution in [1.29, 1.82) is 0 Å². The second-order valence-electron chi connectivity index (χ2n) is 16.9. The van der Waals surface area contributed by atoms with Crippen molar-refractivity contribution < 1.29 is 24.5 Å². The third-order valence-electron chi connectivity index (χ3n) is 11.0. The van der Waals surface area contributed by atoms with Gasteiger partial charge in [-0.05, 0) is 89.9 Å². The van der Waals surface area contributed by atoms with Gasteiger partial charge in [0.25, 0.3) is 0 Å². The topological polar surface area (TPSA) is 95.9 Å². The van der Waals surface area contributed by atoms with E-state index in [0.717, 1.165) is 83.5 Å². The van der Waals surface area contributed by atoms with E-state index >= 15 is 0 Å². The van der Waals surface area contributed by atoms with Crippen LogP contribution in [0.5, 0.6) is 0 Å². The van der Waals surface area contributed by atoms with Crippen LogP contribution in [0.2, 0.25) is 0 Å². The van der Waals surface area contributed by atoms with Crippen molar-refractivity contribution in [3.8, 4) is 0 Å². The van der Waals surface area contributed by atoms with E-state index in [4.69, 9.17) is 4.74 Å². The maximum atomic E-state index is 13.2. The molecule has 6 heteroatoms. The standard InChI is InChI=1S/C54H95NO5/c1-4-7-10-13-16-19-22-24-25-26-27-29-32-35-38-41-44-47-54(59)60-50(45-42-39-36-33-31-28-23-20-17-14-11-8-5-2)48-53(58)55-51(49-56)52(57)46-43-40-37-34-30-21-18-15-12-9-6-3/h16-17,19-20,23-25,27-29,35,38,50-52,56-57H,4-15,18,21-22,26,30-34,36-37,39-49H2,1-3H3,(H,55,58)/b19-16-,20-17+,25-24-,28-23+,29-27-,38-35-. The number of nitrogens with one attached hydrogen (secondary N) is 1. The second-order valence-corrected chi connectivity index (χ2v) is 16.9. The molecule has 0 saturated heterocycles. The molecule has 3 N–H and O–H groups in total. The lowest BCUT2D eigenvalue weighted by atomic mass is 10.0. The molecule has 0 aliphatic heterocycles. The highest BCUT2D eigenvalue weighted by Gasteiger charge is 2.24. The van der Waals surface area contributed by atoms with Crippen molar-refractivity contribution >= 4 is 11.9 Å². The Morgan fingerprint density at radius 1 is 0.500 bits per heavy atom. The van der Waals surface area contributed by atoms with Crippen molar-refractivity contribution in [2.24, 2.45) is 0 Å². The van der Waals surface area contributed by atoms with Gasteiger partial charge in [0.2, 0.25) is 5.91 Å². The maximum absolute atomic E-state index is 13.2. The zero-order valence-electron chi connectivity index (χ0n) is 39.3. The van der Waals surface area contributed by atoms with E-state index in [9.17, 15) is 19.8 Å². The lowest BCUT2D eigenvalue weighted by Gasteiger charge is -2.24. The number of carbonyl (C=O) groups excluding carboxylic acids is 2. The number of hydrogen-bond donors (Lipinski definition) is 3. The molecular weight excluding hydrogens is 743 g/mol. The van der Waals surface area contributed by atoms with Gasteiger partial charge in [-0.15, -0.1) is 0 Å². The Morgan fingerprint density at radius 2 is 0.900 bits per heavy atom. The summed E-state index contributed by atoms with van der Waals surface area (Å²) in [5.41, 5.74) is 0. The van der Waals surface area contributed by atoms with Gasteiger partial charge in [0.15, 0.2) is 0 Å². The van der Waals surface area contributed by atoms with Crippen molar-refractivity contribution in [2.45, 2.75) is 251 Å². The minimum Gasteiger partial charge on any atom is -0.462 e. The van der Waals surface area contributed by atoms with Crippen molar-refractivity contribution in [3.05, 3.63) is 72.9 Å². The molecular formula is C54H95NO5. The molecule has 60 heavy (non-hydrogen) atoms. The van der Waals surface area contributed by atoms with Crippen LogP contribution in [-0.2, 0) is 14.3 Å². The normalized spacial score (nSPS) is 13.9. The van der Waals surface area contributed by atoms with Gasteiger partial charge in [-0.2, -0.15) is 0 Å². The maximum Gasteiger partial charge on any atom is 0.306 e. The molecule has 0 aliphatic carbocycles. The van der Waals surface area contributed by atoms with E-state index in [1.807, 2.05) is 0 Å². The number of rotatable bonds is 44. The van der Waals surface area contributed by atoms with Crippen LogP contribution in [0.4, 0.5) is 0 Å². The predicted octanol–water partition coefficient (Wildman–Crippen LogP) is 15.0. The molecule has 6 nitrogen and oxygen atoms in total. The molecule has 0 aromatic rings. The number of carbonyl (C=O) groups is 2. The van der Waals surface area contributed by atoms with Crippen molar-refractivity contribution in [1.82, 2.24) is 5.32 Å². The van der Waals surface area contributed by atoms with E-state index in [0.29, 0.717) is 25.7 Å². The number of ether oxygens (including phenoxy) is 1. The van der Waals surface area contributed by atoms with E-state index in [2.05, 4.69) is 99.0 Å². The SMILES string of the molecule is CCCCC/C=C\C/C=C\C/C=C\C/C=C\CCCC(=O)OC(CCCCCC/C=C/C=C/CCCCC)CC(=O)NC(CO)C(O)CCCCCCCCCCCCC. The Morgan fingerprint density at radius 3 is 1.42 bits per heavy atom. The number of unbranched alkanes of at least 4 members (excludes halogenated alkanes) is 21. The van der Waals surface area contributed by atoms with Crippen LogP contribution >= 0.6 is 0 Å². The molecule has 0 aromatic heterocycles. The molecule has 0 aliphatic rings. The van der Waals surface area contributed by atoms with E-state index in [1.165, 1.54) is 96.3 Å². The minimum absolute atomic E-state index is 0.0396. The molecule has 0 spiro atoms. The van der Waals surface area contributed by atoms with Crippen LogP contribution in [0.1, 0.15) is 233 Å². The lowest BCUT2D eigenvalue weighted by Crippen LogP contribution is -2.46. The summed E-state index contributed by atoms with van der Waals surface area (Å²) in [6.45, 7) is 6.39. The van der Waals surface area contributed by atoms with E-state index in [1.54, 1.807) is 0 Å². The van der Waals surface area contributed by atoms with Gasteiger partial charge in [-0.1, -0.05) is 203 Å². The van der Waals surface area contributed by atoms with Gasteiger partial charge in [0.1, 0.15) is 6.10 Å². The number of allylic oxidation sites excluding steroid dienone is 12. The monoisotopic (exact) mass is 838 g/mol. The molecule has 0 aromatic carbocycles. The Hall–Kier alpha value is -2.70. The Labute approximate surface area is 371 Å². The first-order valence-corrected chi connectivity index (χ1v) is 25.2. The van der Waals surface area contributed by atoms with Crippen LogP contribution in [0.25, 0.3) is 0 Å². The average Bonchev–Trinajstić information content (AvgIpc) is 3.24. The van der Waals surface area contributed by atoms with E-state index in [-0.39, 0.29) is 24.9 Å². The summed E-state index contributed by atoms with van der Waals surface area (Å²) in [5.74, 6) is -0.564. The number of amides is 1. The summed E-state index contributed by atoms with van der Waals surface area (Å²) in [7, 11) is 0. The van der Waals surface area contributed by atoms with Gasteiger partial charge < -0.3 is 20.3 Å². The average molecular weight is 838 g/mol. The number of esters is 1. The Bertz CT molecular complexity index is 1120. The molecule has 0 rings (SSSR count). The van der Waals surface area contributed by atoms with Gasteiger partial charge in [0.05, 0.1) is 25.2 Å². The van der Waals surface area contributed by atoms with Crippen molar-refractivity contribution in [2.75, 3.05) is 6.61 Å². The molecule has 0 bridgehead atoms. The third-order valence-corrected chi connectivity index (χ3v) is 11.0. The zero-order chi connectivity index (χ0) is 43.8. The molecule has 346 valence electrons. The molecule has 3 unspecified atom stereocenters. The summed E-state index contributed by atoms with van der Waals surface area (Å²) in [4.78, 5) is 26.1. The highest BCUT2D eigenvalue weighted by atomic mass is 16.5. The lowest BCUT2D eigenvalue weighted by molar-refractivity contribution is -0.151. The number of aliphatic hydroxyl groups is 2. The quantitative estimate of drug-likeness (QED) is 0.0246. The Balaban J connectivity index is 4.71. The summed E-state index contributed by atoms with van der Waals surface area (Å²) in [6.07, 6.45) is 59.6. The highest BCUT2D eigenvalue weighted by molar-refractivity contribution is 5.77. The van der Waals surface area contributed by atoms with Gasteiger partial charge in [0, 0.05) is 6.42 Å². The molecule has 1 amide bonds. The van der Waals surface area contributed by atoms with Gasteiger partial charge in [-0.25, -0.2) is 0 Å². The van der Waals surface area contributed by atoms with Crippen LogP contribution in [0.3, 0.4) is 0 Å². The van der Waals surface area contributed by atoms with E-state index < -0.39 is 18.2 Å². The predicted molar refractivity (Wildman–Crippen MR) is 259 cm³/mol. The summed E-state index contributed by atoms with van der Waals surface area (Å²) >= 11 is 0. The minimum atomic E-state index is -0.804. The van der Waals surface area contributed by atoms with Crippen LogP contribution < -0.4 is 5.32 Å². The van der Waals surface area contributed by atoms with Crippen LogP contribution in [0.15, 0.2) is 72.9 Å². The van der Waals surface area contributed by atoms with Gasteiger partial charge in [-0.3, -0.25) is 9.59 Å². The first-order valence-electron chi connectivity index (χ1n) is 25.2. The smallest absolute Gasteiger partial charge is 0.306 e. The molecule has 3 atom stereocenters. The first-order chi connectivity index (χ1) is 29.5. The molecule has 0 fully saturated rings. The summed E-state index contributed by atoms with van der Waals surface area (Å²) in [5, 5.41) is 23.7. The fraction of sp³-hybridized carbons (Fsp3) is 0.741. The number of hydrogen-bond acceptors (Lipinski definition) is 5. The molecule has 0 saturated carbocycles. The van der Waals surface area contributed by atoms with Crippen LogP contribution in [0, 0.1) is 0 Å². The zero-order valence-corrected chi connectivity index (χ0v) is 39.3. The van der Waals surface area contributed by atoms with Crippen LogP contribution in [-0.4, -0.2) is 46.9 Å². The highest BCUT2D eigenvalue weighted by Crippen LogP contribution is 2.17.